The van der Waals surface area contributed by atoms with E-state index in [1.165, 1.54) is 38.9 Å². The van der Waals surface area contributed by atoms with Gasteiger partial charge in [-0.1, -0.05) is 33.6 Å². The van der Waals surface area contributed by atoms with Gasteiger partial charge >= 0.3 is 11.7 Å². The molecule has 1 aliphatic heterocycles. The number of nitrogens with one attached hydrogen (secondary N) is 1. The van der Waals surface area contributed by atoms with Crippen LogP contribution in [0.3, 0.4) is 0 Å². The minimum atomic E-state index is -0.183. The number of piperidine rings is 1. The maximum absolute atomic E-state index is 12.4. The fourth-order valence-electron chi connectivity index (χ4n) is 4.38. The van der Waals surface area contributed by atoms with Crippen molar-refractivity contribution in [2.45, 2.75) is 72.3 Å². The second kappa shape index (κ2) is 12.3. The van der Waals surface area contributed by atoms with Crippen LogP contribution in [0.5, 0.6) is 6.01 Å². The fourth-order valence-corrected chi connectivity index (χ4v) is 4.38. The van der Waals surface area contributed by atoms with Crippen LogP contribution in [0.4, 0.5) is 5.82 Å². The van der Waals surface area contributed by atoms with Gasteiger partial charge in [-0.3, -0.25) is 4.57 Å². The van der Waals surface area contributed by atoms with Crippen LogP contribution in [0.25, 0.3) is 11.2 Å². The van der Waals surface area contributed by atoms with Crippen molar-refractivity contribution in [2.24, 2.45) is 11.8 Å². The van der Waals surface area contributed by atoms with Crippen molar-refractivity contribution in [3.8, 4) is 6.01 Å². The summed E-state index contributed by atoms with van der Waals surface area (Å²) in [6.07, 6.45) is 7.86. The lowest BCUT2D eigenvalue weighted by atomic mass is 9.92. The molecule has 9 heteroatoms. The van der Waals surface area contributed by atoms with Gasteiger partial charge in [0.1, 0.15) is 5.52 Å². The maximum Gasteiger partial charge on any atom is 0.327 e. The molecule has 1 aliphatic rings. The highest BCUT2D eigenvalue weighted by molar-refractivity contribution is 5.85. The van der Waals surface area contributed by atoms with Gasteiger partial charge in [0, 0.05) is 19.6 Å². The summed E-state index contributed by atoms with van der Waals surface area (Å²) in [5.41, 5.74) is 6.88. The van der Waals surface area contributed by atoms with Gasteiger partial charge in [0.25, 0.3) is 0 Å². The van der Waals surface area contributed by atoms with Gasteiger partial charge in [-0.05, 0) is 50.5 Å². The van der Waals surface area contributed by atoms with Gasteiger partial charge < -0.3 is 20.4 Å². The smallest absolute Gasteiger partial charge is 0.327 e. The topological polar surface area (TPSA) is 102 Å². The summed E-state index contributed by atoms with van der Waals surface area (Å²) in [5.74, 6) is 1.76. The Labute approximate surface area is 191 Å². The minimum Gasteiger partial charge on any atom is -0.463 e. The summed E-state index contributed by atoms with van der Waals surface area (Å²) in [5, 5.41) is 0. The maximum atomic E-state index is 12.4. The summed E-state index contributed by atoms with van der Waals surface area (Å²) < 4.78 is 7.28. The van der Waals surface area contributed by atoms with Gasteiger partial charge in [0.15, 0.2) is 11.5 Å². The third-order valence-electron chi connectivity index (χ3n) is 5.83. The highest BCUT2D eigenvalue weighted by Crippen LogP contribution is 2.23. The molecule has 0 bridgehead atoms. The van der Waals surface area contributed by atoms with E-state index < -0.39 is 0 Å². The highest BCUT2D eigenvalue weighted by atomic mass is 35.5. The molecule has 1 fully saturated rings. The molecular formula is C22H39ClN6O2. The number of nitrogen functional groups attached to an aromatic ring is 1. The van der Waals surface area contributed by atoms with Crippen molar-refractivity contribution in [3.05, 3.63) is 10.5 Å². The SMILES string of the molecule is CCCCOc1nc(N)c2[nH]c(=O)n(CCCCC3CCCN(CC(C)C)C3)c2n1.Cl. The zero-order valence-corrected chi connectivity index (χ0v) is 20.0. The largest absolute Gasteiger partial charge is 0.463 e. The molecule has 1 atom stereocenters. The molecule has 0 aliphatic carbocycles. The molecule has 3 rings (SSSR count). The van der Waals surface area contributed by atoms with Crippen LogP contribution in [0.1, 0.15) is 65.7 Å². The van der Waals surface area contributed by atoms with E-state index in [9.17, 15) is 4.79 Å². The van der Waals surface area contributed by atoms with E-state index in [0.29, 0.717) is 24.3 Å². The van der Waals surface area contributed by atoms with Gasteiger partial charge in [-0.25, -0.2) is 4.79 Å². The minimum absolute atomic E-state index is 0. The average Bonchev–Trinajstić information content (AvgIpc) is 3.01. The highest BCUT2D eigenvalue weighted by Gasteiger charge is 2.20. The van der Waals surface area contributed by atoms with Crippen molar-refractivity contribution in [1.29, 1.82) is 0 Å². The molecule has 2 aromatic rings. The Morgan fingerprint density at radius 1 is 1.26 bits per heavy atom. The number of unbranched alkanes of at least 4 members (excludes halogenated alkanes) is 2. The molecule has 0 spiro atoms. The van der Waals surface area contributed by atoms with Crippen LogP contribution in [-0.2, 0) is 6.54 Å². The molecule has 3 N–H and O–H groups in total. The average molecular weight is 455 g/mol. The predicted molar refractivity (Wildman–Crippen MR) is 128 cm³/mol. The number of anilines is 1. The number of hydrogen-bond acceptors (Lipinski definition) is 6. The van der Waals surface area contributed by atoms with Crippen molar-refractivity contribution < 1.29 is 4.74 Å². The normalized spacial score (nSPS) is 17.2. The lowest BCUT2D eigenvalue weighted by molar-refractivity contribution is 0.151. The van der Waals surface area contributed by atoms with E-state index in [0.717, 1.165) is 37.5 Å². The Morgan fingerprint density at radius 2 is 2.06 bits per heavy atom. The molecule has 0 aromatic carbocycles. The van der Waals surface area contributed by atoms with E-state index in [4.69, 9.17) is 10.5 Å². The predicted octanol–water partition coefficient (Wildman–Crippen LogP) is 3.84. The summed E-state index contributed by atoms with van der Waals surface area (Å²) >= 11 is 0. The molecular weight excluding hydrogens is 416 g/mol. The standard InChI is InChI=1S/C22H38N6O2.ClH/c1-4-5-13-30-21-25-19(23)18-20(26-21)28(22(29)24-18)12-7-6-9-17-10-8-11-27(15-17)14-16(2)3;/h16-17H,4-15H2,1-3H3,(H,24,29)(H2,23,25,26);1H. The molecule has 3 heterocycles. The third-order valence-corrected chi connectivity index (χ3v) is 5.83. The molecule has 8 nitrogen and oxygen atoms in total. The van der Waals surface area contributed by atoms with E-state index in [1.807, 2.05) is 0 Å². The van der Waals surface area contributed by atoms with Crippen molar-refractivity contribution in [3.63, 3.8) is 0 Å². The van der Waals surface area contributed by atoms with Crippen LogP contribution in [0.2, 0.25) is 0 Å². The van der Waals surface area contributed by atoms with Crippen LogP contribution in [-0.4, -0.2) is 50.7 Å². The molecule has 1 saturated heterocycles. The zero-order chi connectivity index (χ0) is 21.5. The number of nitrogens with two attached hydrogens (primary N) is 1. The van der Waals surface area contributed by atoms with Crippen LogP contribution in [0.15, 0.2) is 4.79 Å². The monoisotopic (exact) mass is 454 g/mol. The Morgan fingerprint density at radius 3 is 2.81 bits per heavy atom. The van der Waals surface area contributed by atoms with Gasteiger partial charge in [0.05, 0.1) is 6.61 Å². The van der Waals surface area contributed by atoms with E-state index in [1.54, 1.807) is 4.57 Å². The Bertz CT molecular complexity index is 866. The van der Waals surface area contributed by atoms with E-state index in [2.05, 4.69) is 40.6 Å². The van der Waals surface area contributed by atoms with Gasteiger partial charge in [-0.15, -0.1) is 12.4 Å². The number of likely N-dealkylation sites (tertiary alicyclic amines) is 1. The summed E-state index contributed by atoms with van der Waals surface area (Å²) in [7, 11) is 0. The van der Waals surface area contributed by atoms with Crippen molar-refractivity contribution >= 4 is 29.4 Å². The first-order valence-corrected chi connectivity index (χ1v) is 11.6. The molecule has 31 heavy (non-hydrogen) atoms. The van der Waals surface area contributed by atoms with Gasteiger partial charge in [0.2, 0.25) is 0 Å². The number of aromatic amines is 1. The Kier molecular flexibility index (Phi) is 10.1. The number of nitrogens with zero attached hydrogens (tertiary/aromatic N) is 4. The number of imidazole rings is 1. The van der Waals surface area contributed by atoms with Gasteiger partial charge in [-0.2, -0.15) is 9.97 Å². The first-order chi connectivity index (χ1) is 14.5. The number of fused-ring (bicyclic) bond motifs is 1. The molecule has 1 unspecified atom stereocenters. The van der Waals surface area contributed by atoms with Crippen molar-refractivity contribution in [2.75, 3.05) is 32.0 Å². The fraction of sp³-hybridized carbons (Fsp3) is 0.773. The molecule has 0 saturated carbocycles. The molecule has 0 amide bonds. The summed E-state index contributed by atoms with van der Waals surface area (Å²) in [6.45, 7) is 11.5. The quantitative estimate of drug-likeness (QED) is 0.500. The van der Waals surface area contributed by atoms with E-state index >= 15 is 0 Å². The Hall–Kier alpha value is -1.80. The number of ether oxygens (including phenoxy) is 1. The van der Waals surface area contributed by atoms with Crippen molar-refractivity contribution in [1.82, 2.24) is 24.4 Å². The number of hydrogen-bond donors (Lipinski definition) is 2. The van der Waals surface area contributed by atoms with E-state index in [-0.39, 0.29) is 29.9 Å². The first kappa shape index (κ1) is 25.5. The Balaban J connectivity index is 0.00000341. The number of halogens is 1. The number of H-pyrrole nitrogens is 1. The zero-order valence-electron chi connectivity index (χ0n) is 19.2. The lowest BCUT2D eigenvalue weighted by Crippen LogP contribution is -2.37. The van der Waals surface area contributed by atoms with Crippen LogP contribution in [0, 0.1) is 11.8 Å². The van der Waals surface area contributed by atoms with Crippen LogP contribution >= 0.6 is 12.4 Å². The number of aryl methyl sites for hydroxylation is 1. The molecule has 176 valence electrons. The summed E-state index contributed by atoms with van der Waals surface area (Å²) in [6, 6.07) is 0.244. The second-order valence-corrected chi connectivity index (χ2v) is 9.03. The molecule has 2 aromatic heterocycles. The molecule has 0 radical (unpaired) electrons. The second-order valence-electron chi connectivity index (χ2n) is 9.03. The first-order valence-electron chi connectivity index (χ1n) is 11.6. The third kappa shape index (κ3) is 7.10. The number of rotatable bonds is 11. The lowest BCUT2D eigenvalue weighted by Gasteiger charge is -2.33. The number of aromatic nitrogens is 4. The van der Waals surface area contributed by atoms with Crippen LogP contribution < -0.4 is 16.2 Å². The summed E-state index contributed by atoms with van der Waals surface area (Å²) in [4.78, 5) is 26.5.